The molecule has 1 heteroatoms. The molecule has 1 aromatic rings. The fraction of sp³-hybridized carbons (Fsp3) is 0.333. The molecular formula is C9H13N. The molecule has 54 valence electrons. The van der Waals surface area contributed by atoms with Gasteiger partial charge in [0.25, 0.3) is 0 Å². The summed E-state index contributed by atoms with van der Waals surface area (Å²) in [5, 5.41) is 2.85. The monoisotopic (exact) mass is 140 g/mol. The molecule has 1 aromatic carbocycles. The van der Waals surface area contributed by atoms with Gasteiger partial charge in [-0.2, -0.15) is 0 Å². The van der Waals surface area contributed by atoms with E-state index in [2.05, 4.69) is 5.32 Å². The molecule has 0 unspecified atom stereocenters. The summed E-state index contributed by atoms with van der Waals surface area (Å²) in [5.41, 5.74) is 0.163. The van der Waals surface area contributed by atoms with Crippen molar-refractivity contribution in [2.45, 2.75) is 19.9 Å². The van der Waals surface area contributed by atoms with E-state index in [0.717, 1.165) is 0 Å². The Morgan fingerprint density at radius 1 is 1.30 bits per heavy atom. The van der Waals surface area contributed by atoms with Gasteiger partial charge in [0.2, 0.25) is 0 Å². The first-order chi connectivity index (χ1) is 6.86. The second-order valence-electron chi connectivity index (χ2n) is 2.30. The zero-order chi connectivity index (χ0) is 11.7. The Morgan fingerprint density at radius 3 is 2.40 bits per heavy atom. The third kappa shape index (κ3) is 2.09. The van der Waals surface area contributed by atoms with Gasteiger partial charge in [-0.25, -0.2) is 0 Å². The third-order valence-electron chi connectivity index (χ3n) is 0.933. The molecule has 0 saturated heterocycles. The highest BCUT2D eigenvalue weighted by Gasteiger charge is 1.90. The van der Waals surface area contributed by atoms with Crippen LogP contribution >= 0.6 is 0 Å². The molecule has 0 atom stereocenters. The Hall–Kier alpha value is -0.980. The van der Waals surface area contributed by atoms with E-state index < -0.39 is 0 Å². The van der Waals surface area contributed by atoms with E-state index in [0.29, 0.717) is 0 Å². The van der Waals surface area contributed by atoms with Gasteiger partial charge in [0.1, 0.15) is 0 Å². The van der Waals surface area contributed by atoms with E-state index in [1.54, 1.807) is 0 Å². The maximum atomic E-state index is 7.59. The van der Waals surface area contributed by atoms with Crippen molar-refractivity contribution in [2.24, 2.45) is 0 Å². The summed E-state index contributed by atoms with van der Waals surface area (Å²) in [6, 6.07) is -1.32. The fourth-order valence-corrected chi connectivity index (χ4v) is 0.611. The molecule has 0 aliphatic rings. The molecule has 0 aliphatic heterocycles. The molecular weight excluding hydrogens is 122 g/mol. The van der Waals surface area contributed by atoms with E-state index in [1.807, 2.05) is 13.8 Å². The van der Waals surface area contributed by atoms with Crippen LogP contribution in [-0.2, 0) is 0 Å². The zero-order valence-electron chi connectivity index (χ0n) is 11.1. The standard InChI is InChI=1S/C9H13N/c1-8(2)10-9-6-4-3-5-7-9/h3-8,10H,1-2H3/i3D,4D,5D,6D,7D. The van der Waals surface area contributed by atoms with Crippen LogP contribution in [0.25, 0.3) is 0 Å². The summed E-state index contributed by atoms with van der Waals surface area (Å²) < 4.78 is 37.4. The van der Waals surface area contributed by atoms with Gasteiger partial charge >= 0.3 is 0 Å². The summed E-state index contributed by atoms with van der Waals surface area (Å²) >= 11 is 0. The minimum atomic E-state index is -0.362. The van der Waals surface area contributed by atoms with Crippen LogP contribution in [0.15, 0.2) is 30.2 Å². The van der Waals surface area contributed by atoms with E-state index in [9.17, 15) is 0 Å². The summed E-state index contributed by atoms with van der Waals surface area (Å²) in [5.74, 6) is 0. The second-order valence-corrected chi connectivity index (χ2v) is 2.30. The highest BCUT2D eigenvalue weighted by molar-refractivity contribution is 5.42. The first kappa shape index (κ1) is 2.95. The SMILES string of the molecule is [2H]c1c([2H])c([2H])c(NC(C)C)c([2H])c1[2H]. The molecule has 0 spiro atoms. The molecule has 1 nitrogen and oxygen atoms in total. The summed E-state index contributed by atoms with van der Waals surface area (Å²) in [4.78, 5) is 0. The molecule has 0 heterocycles. The maximum absolute atomic E-state index is 7.59. The van der Waals surface area contributed by atoms with Crippen LogP contribution in [0.1, 0.15) is 20.7 Å². The molecule has 0 radical (unpaired) electrons. The smallest absolute Gasteiger partial charge is 0.0645 e. The average molecular weight is 140 g/mol. The van der Waals surface area contributed by atoms with Gasteiger partial charge in [0.15, 0.2) is 0 Å². The van der Waals surface area contributed by atoms with Crippen LogP contribution < -0.4 is 5.32 Å². The Labute approximate surface area is 69.1 Å². The van der Waals surface area contributed by atoms with Crippen LogP contribution in [0.5, 0.6) is 0 Å². The van der Waals surface area contributed by atoms with E-state index >= 15 is 0 Å². The summed E-state index contributed by atoms with van der Waals surface area (Å²) in [6.07, 6.45) is 0. The Morgan fingerprint density at radius 2 is 1.90 bits per heavy atom. The van der Waals surface area contributed by atoms with Crippen molar-refractivity contribution < 1.29 is 6.85 Å². The summed E-state index contributed by atoms with van der Waals surface area (Å²) in [6.45, 7) is 3.70. The molecule has 10 heavy (non-hydrogen) atoms. The molecule has 0 fully saturated rings. The molecule has 0 amide bonds. The van der Waals surface area contributed by atoms with Gasteiger partial charge in [-0.15, -0.1) is 0 Å². The lowest BCUT2D eigenvalue weighted by atomic mass is 10.3. The molecule has 1 rings (SSSR count). The highest BCUT2D eigenvalue weighted by Crippen LogP contribution is 2.05. The Bertz CT molecular complexity index is 360. The number of hydrogen-bond donors (Lipinski definition) is 1. The lowest BCUT2D eigenvalue weighted by molar-refractivity contribution is 0.900. The quantitative estimate of drug-likeness (QED) is 0.665. The second kappa shape index (κ2) is 3.25. The molecule has 0 aliphatic carbocycles. The fourth-order valence-electron chi connectivity index (χ4n) is 0.611. The largest absolute Gasteiger partial charge is 0.383 e. The van der Waals surface area contributed by atoms with Gasteiger partial charge < -0.3 is 5.32 Å². The van der Waals surface area contributed by atoms with Gasteiger partial charge in [0.05, 0.1) is 6.85 Å². The summed E-state index contributed by atoms with van der Waals surface area (Å²) in [7, 11) is 0. The lowest BCUT2D eigenvalue weighted by Crippen LogP contribution is -2.08. The Kier molecular flexibility index (Phi) is 0.961. The van der Waals surface area contributed by atoms with Crippen molar-refractivity contribution in [3.8, 4) is 0 Å². The first-order valence-corrected chi connectivity index (χ1v) is 3.19. The Balaban J connectivity index is 3.39. The minimum Gasteiger partial charge on any atom is -0.383 e. The average Bonchev–Trinajstić information content (AvgIpc) is 2.18. The number of nitrogens with one attached hydrogen (secondary N) is 1. The van der Waals surface area contributed by atoms with E-state index in [4.69, 9.17) is 6.85 Å². The van der Waals surface area contributed by atoms with Crippen molar-refractivity contribution in [3.63, 3.8) is 0 Å². The molecule has 0 aromatic heterocycles. The van der Waals surface area contributed by atoms with Gasteiger partial charge in [-0.3, -0.25) is 0 Å². The van der Waals surface area contributed by atoms with Gasteiger partial charge in [0, 0.05) is 11.7 Å². The van der Waals surface area contributed by atoms with E-state index in [1.165, 1.54) is 0 Å². The predicted molar refractivity (Wildman–Crippen MR) is 45.2 cm³/mol. The highest BCUT2D eigenvalue weighted by atomic mass is 14.9. The zero-order valence-corrected chi connectivity index (χ0v) is 6.08. The van der Waals surface area contributed by atoms with Gasteiger partial charge in [-0.1, -0.05) is 18.1 Å². The number of hydrogen-bond acceptors (Lipinski definition) is 1. The number of benzene rings is 1. The van der Waals surface area contributed by atoms with Crippen molar-refractivity contribution in [2.75, 3.05) is 5.32 Å². The van der Waals surface area contributed by atoms with Crippen LogP contribution in [0.3, 0.4) is 0 Å². The van der Waals surface area contributed by atoms with Crippen molar-refractivity contribution >= 4 is 5.69 Å². The normalized spacial score (nSPS) is 16.9. The van der Waals surface area contributed by atoms with Crippen molar-refractivity contribution in [1.82, 2.24) is 0 Å². The number of rotatable bonds is 2. The molecule has 0 saturated carbocycles. The minimum absolute atomic E-state index is 0.0218. The first-order valence-electron chi connectivity index (χ1n) is 5.69. The van der Waals surface area contributed by atoms with Crippen LogP contribution in [-0.4, -0.2) is 6.04 Å². The van der Waals surface area contributed by atoms with Gasteiger partial charge in [-0.05, 0) is 25.9 Å². The van der Waals surface area contributed by atoms with Crippen LogP contribution in [0.2, 0.25) is 0 Å². The molecule has 1 N–H and O–H groups in total. The maximum Gasteiger partial charge on any atom is 0.0645 e. The lowest BCUT2D eigenvalue weighted by Gasteiger charge is -2.08. The predicted octanol–water partition coefficient (Wildman–Crippen LogP) is 2.51. The van der Waals surface area contributed by atoms with E-state index in [-0.39, 0.29) is 41.9 Å². The third-order valence-corrected chi connectivity index (χ3v) is 0.933. The number of para-hydroxylation sites is 1. The molecule has 0 bridgehead atoms. The van der Waals surface area contributed by atoms with Crippen molar-refractivity contribution in [3.05, 3.63) is 30.2 Å². The number of anilines is 1. The topological polar surface area (TPSA) is 12.0 Å². The van der Waals surface area contributed by atoms with Crippen LogP contribution in [0.4, 0.5) is 5.69 Å². The van der Waals surface area contributed by atoms with Crippen LogP contribution in [0, 0.1) is 0 Å². The van der Waals surface area contributed by atoms with Crippen molar-refractivity contribution in [1.29, 1.82) is 0 Å².